The Hall–Kier alpha value is -3.03. The molecule has 0 saturated heterocycles. The number of rotatable bonds is 4. The molecule has 130 valence electrons. The third-order valence-corrected chi connectivity index (χ3v) is 3.68. The molecule has 0 unspecified atom stereocenters. The summed E-state index contributed by atoms with van der Waals surface area (Å²) in [6.07, 6.45) is -4.30. The van der Waals surface area contributed by atoms with Crippen LogP contribution in [-0.4, -0.2) is 16.6 Å². The highest BCUT2D eigenvalue weighted by atomic mass is 19.4. The fraction of sp³-hybridized carbons (Fsp3) is 0.176. The molecule has 1 heterocycles. The SMILES string of the molecule is Nc1nc(N)c2c(OCCc3ccccc3C(F)(F)F)cccc2n1. The molecule has 3 rings (SSSR count). The fourth-order valence-electron chi connectivity index (χ4n) is 2.60. The third kappa shape index (κ3) is 3.57. The molecule has 5 nitrogen and oxygen atoms in total. The van der Waals surface area contributed by atoms with Crippen LogP contribution in [-0.2, 0) is 12.6 Å². The minimum Gasteiger partial charge on any atom is -0.492 e. The molecule has 25 heavy (non-hydrogen) atoms. The van der Waals surface area contributed by atoms with Crippen molar-refractivity contribution in [3.8, 4) is 5.75 Å². The molecule has 1 aromatic heterocycles. The van der Waals surface area contributed by atoms with E-state index in [-0.39, 0.29) is 30.4 Å². The molecule has 0 amide bonds. The summed E-state index contributed by atoms with van der Waals surface area (Å²) in [4.78, 5) is 7.96. The molecule has 0 spiro atoms. The number of anilines is 2. The van der Waals surface area contributed by atoms with Gasteiger partial charge in [-0.05, 0) is 23.8 Å². The van der Waals surface area contributed by atoms with Gasteiger partial charge in [-0.25, -0.2) is 4.98 Å². The first-order valence-electron chi connectivity index (χ1n) is 7.46. The smallest absolute Gasteiger partial charge is 0.416 e. The van der Waals surface area contributed by atoms with Gasteiger partial charge in [-0.1, -0.05) is 24.3 Å². The summed E-state index contributed by atoms with van der Waals surface area (Å²) in [5, 5.41) is 0.487. The second kappa shape index (κ2) is 6.46. The number of benzene rings is 2. The Labute approximate surface area is 141 Å². The van der Waals surface area contributed by atoms with E-state index in [1.165, 1.54) is 12.1 Å². The van der Waals surface area contributed by atoms with Gasteiger partial charge >= 0.3 is 6.18 Å². The second-order valence-corrected chi connectivity index (χ2v) is 5.37. The van der Waals surface area contributed by atoms with E-state index in [9.17, 15) is 13.2 Å². The van der Waals surface area contributed by atoms with Gasteiger partial charge in [-0.3, -0.25) is 0 Å². The highest BCUT2D eigenvalue weighted by Crippen LogP contribution is 2.33. The highest BCUT2D eigenvalue weighted by Gasteiger charge is 2.32. The van der Waals surface area contributed by atoms with Gasteiger partial charge in [0.2, 0.25) is 5.95 Å². The fourth-order valence-corrected chi connectivity index (χ4v) is 2.60. The quantitative estimate of drug-likeness (QED) is 0.754. The van der Waals surface area contributed by atoms with Crippen molar-refractivity contribution in [2.45, 2.75) is 12.6 Å². The zero-order valence-electron chi connectivity index (χ0n) is 13.0. The molecule has 3 aromatic rings. The Morgan fingerprint density at radius 3 is 2.48 bits per heavy atom. The molecule has 0 aliphatic carbocycles. The summed E-state index contributed by atoms with van der Waals surface area (Å²) in [7, 11) is 0. The Morgan fingerprint density at radius 2 is 1.72 bits per heavy atom. The topological polar surface area (TPSA) is 87.0 Å². The van der Waals surface area contributed by atoms with Gasteiger partial charge in [0, 0.05) is 6.42 Å². The van der Waals surface area contributed by atoms with E-state index in [4.69, 9.17) is 16.2 Å². The van der Waals surface area contributed by atoms with E-state index >= 15 is 0 Å². The zero-order chi connectivity index (χ0) is 18.0. The van der Waals surface area contributed by atoms with Crippen molar-refractivity contribution < 1.29 is 17.9 Å². The molecule has 0 bridgehead atoms. The van der Waals surface area contributed by atoms with Gasteiger partial charge < -0.3 is 16.2 Å². The van der Waals surface area contributed by atoms with E-state index in [2.05, 4.69) is 9.97 Å². The maximum absolute atomic E-state index is 13.0. The Balaban J connectivity index is 1.81. The second-order valence-electron chi connectivity index (χ2n) is 5.37. The largest absolute Gasteiger partial charge is 0.492 e. The molecule has 0 fully saturated rings. The maximum Gasteiger partial charge on any atom is 0.416 e. The van der Waals surface area contributed by atoms with E-state index in [0.29, 0.717) is 16.7 Å². The molecule has 0 saturated carbocycles. The number of alkyl halides is 3. The van der Waals surface area contributed by atoms with Crippen molar-refractivity contribution in [1.82, 2.24) is 9.97 Å². The van der Waals surface area contributed by atoms with Gasteiger partial charge in [0.05, 0.1) is 23.1 Å². The molecular formula is C17H15F3N4O. The van der Waals surface area contributed by atoms with Gasteiger partial charge in [-0.15, -0.1) is 0 Å². The average molecular weight is 348 g/mol. The lowest BCUT2D eigenvalue weighted by Crippen LogP contribution is -2.11. The Morgan fingerprint density at radius 1 is 0.960 bits per heavy atom. The molecule has 0 aliphatic rings. The normalized spacial score (nSPS) is 11.6. The summed E-state index contributed by atoms with van der Waals surface area (Å²) >= 11 is 0. The first kappa shape index (κ1) is 16.8. The van der Waals surface area contributed by atoms with Crippen LogP contribution in [0, 0.1) is 0 Å². The van der Waals surface area contributed by atoms with Crippen molar-refractivity contribution in [3.63, 3.8) is 0 Å². The lowest BCUT2D eigenvalue weighted by Gasteiger charge is -2.14. The van der Waals surface area contributed by atoms with Crippen LogP contribution >= 0.6 is 0 Å². The number of fused-ring (bicyclic) bond motifs is 1. The van der Waals surface area contributed by atoms with Crippen LogP contribution < -0.4 is 16.2 Å². The minimum atomic E-state index is -4.40. The van der Waals surface area contributed by atoms with Crippen LogP contribution in [0.15, 0.2) is 42.5 Å². The van der Waals surface area contributed by atoms with Gasteiger partial charge in [0.25, 0.3) is 0 Å². The molecule has 0 atom stereocenters. The Bertz CT molecular complexity index is 912. The standard InChI is InChI=1S/C17H15F3N4O/c18-17(19,20)11-5-2-1-4-10(11)8-9-25-13-7-3-6-12-14(13)15(21)24-16(22)23-12/h1-7H,8-9H2,(H4,21,22,23,24). The van der Waals surface area contributed by atoms with E-state index in [1.54, 1.807) is 24.3 Å². The monoisotopic (exact) mass is 348 g/mol. The molecule has 2 aromatic carbocycles. The molecular weight excluding hydrogens is 333 g/mol. The third-order valence-electron chi connectivity index (χ3n) is 3.68. The van der Waals surface area contributed by atoms with E-state index in [1.807, 2.05) is 0 Å². The number of hydrogen-bond donors (Lipinski definition) is 2. The summed E-state index contributed by atoms with van der Waals surface area (Å²) < 4.78 is 44.7. The van der Waals surface area contributed by atoms with E-state index in [0.717, 1.165) is 6.07 Å². The summed E-state index contributed by atoms with van der Waals surface area (Å²) in [5.41, 5.74) is 11.4. The summed E-state index contributed by atoms with van der Waals surface area (Å²) in [5.74, 6) is 0.606. The van der Waals surface area contributed by atoms with Crippen LogP contribution in [0.4, 0.5) is 24.9 Å². The van der Waals surface area contributed by atoms with Crippen LogP contribution in [0.2, 0.25) is 0 Å². The van der Waals surface area contributed by atoms with Gasteiger partial charge in [0.15, 0.2) is 0 Å². The minimum absolute atomic E-state index is 0.0428. The number of ether oxygens (including phenoxy) is 1. The van der Waals surface area contributed by atoms with E-state index < -0.39 is 11.7 Å². The first-order chi connectivity index (χ1) is 11.9. The van der Waals surface area contributed by atoms with Crippen LogP contribution in [0.25, 0.3) is 10.9 Å². The lowest BCUT2D eigenvalue weighted by atomic mass is 10.0. The van der Waals surface area contributed by atoms with Crippen molar-refractivity contribution >= 4 is 22.7 Å². The maximum atomic E-state index is 13.0. The van der Waals surface area contributed by atoms with Crippen molar-refractivity contribution in [3.05, 3.63) is 53.6 Å². The van der Waals surface area contributed by atoms with Crippen molar-refractivity contribution in [2.75, 3.05) is 18.1 Å². The summed E-state index contributed by atoms with van der Waals surface area (Å²) in [6.45, 7) is 0.0516. The number of aromatic nitrogens is 2. The lowest BCUT2D eigenvalue weighted by molar-refractivity contribution is -0.138. The van der Waals surface area contributed by atoms with Crippen LogP contribution in [0.1, 0.15) is 11.1 Å². The van der Waals surface area contributed by atoms with Crippen LogP contribution in [0.3, 0.4) is 0 Å². The first-order valence-corrected chi connectivity index (χ1v) is 7.46. The zero-order valence-corrected chi connectivity index (χ0v) is 13.0. The number of nitrogens with zero attached hydrogens (tertiary/aromatic N) is 2. The van der Waals surface area contributed by atoms with Crippen molar-refractivity contribution in [2.24, 2.45) is 0 Å². The predicted molar refractivity (Wildman–Crippen MR) is 89.0 cm³/mol. The number of halogens is 3. The molecule has 0 radical (unpaired) electrons. The predicted octanol–water partition coefficient (Wildman–Crippen LogP) is 3.43. The number of hydrogen-bond acceptors (Lipinski definition) is 5. The number of nitrogens with two attached hydrogens (primary N) is 2. The van der Waals surface area contributed by atoms with Crippen molar-refractivity contribution in [1.29, 1.82) is 0 Å². The average Bonchev–Trinajstić information content (AvgIpc) is 2.54. The number of nitrogen functional groups attached to an aromatic ring is 2. The summed E-state index contributed by atoms with van der Waals surface area (Å²) in [6, 6.07) is 10.5. The Kier molecular flexibility index (Phi) is 4.35. The molecule has 0 aliphatic heterocycles. The molecule has 8 heteroatoms. The van der Waals surface area contributed by atoms with Gasteiger partial charge in [0.1, 0.15) is 11.6 Å². The van der Waals surface area contributed by atoms with Gasteiger partial charge in [-0.2, -0.15) is 18.2 Å². The molecule has 4 N–H and O–H groups in total. The highest BCUT2D eigenvalue weighted by molar-refractivity contribution is 5.94. The van der Waals surface area contributed by atoms with Crippen LogP contribution in [0.5, 0.6) is 5.75 Å².